The molecule has 0 atom stereocenters. The molecule has 0 saturated heterocycles. The quantitative estimate of drug-likeness (QED) is 0.902. The van der Waals surface area contributed by atoms with Crippen molar-refractivity contribution in [3.63, 3.8) is 0 Å². The molecule has 18 heavy (non-hydrogen) atoms. The van der Waals surface area contributed by atoms with Crippen LogP contribution in [-0.2, 0) is 17.8 Å². The molecule has 0 aliphatic carbocycles. The second-order valence-electron chi connectivity index (χ2n) is 4.37. The van der Waals surface area contributed by atoms with Crippen LogP contribution in [0.5, 0.6) is 5.75 Å². The highest BCUT2D eigenvalue weighted by atomic mass is 16.5. The van der Waals surface area contributed by atoms with Gasteiger partial charge in [0.25, 0.3) is 0 Å². The number of rotatable bonds is 3. The minimum absolute atomic E-state index is 0.395. The highest BCUT2D eigenvalue weighted by Gasteiger charge is 2.22. The molecule has 2 N–H and O–H groups in total. The van der Waals surface area contributed by atoms with Gasteiger partial charge < -0.3 is 19.7 Å². The van der Waals surface area contributed by atoms with E-state index in [9.17, 15) is 0 Å². The molecular formula is C13H16N2O3. The largest absolute Gasteiger partial charge is 0.492 e. The Hall–Kier alpha value is -1.75. The Morgan fingerprint density at radius 1 is 1.50 bits per heavy atom. The van der Waals surface area contributed by atoms with E-state index in [4.69, 9.17) is 19.7 Å². The third-order valence-corrected chi connectivity index (χ3v) is 3.22. The predicted molar refractivity (Wildman–Crippen MR) is 67.6 cm³/mol. The van der Waals surface area contributed by atoms with E-state index in [2.05, 4.69) is 5.16 Å². The standard InChI is InChI=1S/C13H16N2O3/c1-2-16-7-8-6-10-11(13(14)15-18-10)12-9(8)4-3-5-17-12/h6H,2-5,7H2,1H3,(H2,14,15). The fraction of sp³-hybridized carbons (Fsp3) is 0.462. The highest BCUT2D eigenvalue weighted by molar-refractivity contribution is 5.94. The molecule has 0 amide bonds. The lowest BCUT2D eigenvalue weighted by Gasteiger charge is -2.20. The SMILES string of the molecule is CCOCc1cc2onc(N)c2c2c1CCCO2. The normalized spacial score (nSPS) is 14.5. The molecule has 5 nitrogen and oxygen atoms in total. The number of hydrogen-bond donors (Lipinski definition) is 1. The van der Waals surface area contributed by atoms with E-state index in [0.717, 1.165) is 29.5 Å². The molecule has 2 aromatic rings. The van der Waals surface area contributed by atoms with Crippen molar-refractivity contribution in [2.75, 3.05) is 18.9 Å². The number of nitrogen functional groups attached to an aromatic ring is 1. The summed E-state index contributed by atoms with van der Waals surface area (Å²) in [6, 6.07) is 1.96. The number of nitrogens with two attached hydrogens (primary N) is 1. The second kappa shape index (κ2) is 4.49. The lowest BCUT2D eigenvalue weighted by atomic mass is 9.98. The van der Waals surface area contributed by atoms with Gasteiger partial charge in [-0.15, -0.1) is 0 Å². The lowest BCUT2D eigenvalue weighted by Crippen LogP contribution is -2.12. The van der Waals surface area contributed by atoms with Crippen LogP contribution in [0.1, 0.15) is 24.5 Å². The van der Waals surface area contributed by atoms with Crippen molar-refractivity contribution in [3.05, 3.63) is 17.2 Å². The molecule has 0 unspecified atom stereocenters. The molecular weight excluding hydrogens is 232 g/mol. The number of anilines is 1. The summed E-state index contributed by atoms with van der Waals surface area (Å²) >= 11 is 0. The van der Waals surface area contributed by atoms with Crippen LogP contribution in [-0.4, -0.2) is 18.4 Å². The molecule has 1 aromatic carbocycles. The van der Waals surface area contributed by atoms with E-state index in [1.807, 2.05) is 13.0 Å². The molecule has 3 rings (SSSR count). The Labute approximate surface area is 105 Å². The van der Waals surface area contributed by atoms with Gasteiger partial charge in [0.1, 0.15) is 11.1 Å². The second-order valence-corrected chi connectivity index (χ2v) is 4.37. The molecule has 1 aromatic heterocycles. The maximum Gasteiger partial charge on any atom is 0.178 e. The molecule has 0 radical (unpaired) electrons. The maximum atomic E-state index is 5.83. The molecule has 0 saturated carbocycles. The first-order valence-electron chi connectivity index (χ1n) is 6.21. The summed E-state index contributed by atoms with van der Waals surface area (Å²) in [5, 5.41) is 4.60. The van der Waals surface area contributed by atoms with Crippen molar-refractivity contribution in [1.29, 1.82) is 0 Å². The first kappa shape index (κ1) is 11.3. The van der Waals surface area contributed by atoms with Gasteiger partial charge in [0.15, 0.2) is 11.4 Å². The van der Waals surface area contributed by atoms with Crippen molar-refractivity contribution in [3.8, 4) is 5.75 Å². The molecule has 2 heterocycles. The molecule has 5 heteroatoms. The molecule has 0 fully saturated rings. The van der Waals surface area contributed by atoms with Crippen molar-refractivity contribution in [1.82, 2.24) is 5.16 Å². The maximum absolute atomic E-state index is 5.83. The molecule has 1 aliphatic heterocycles. The van der Waals surface area contributed by atoms with E-state index in [1.165, 1.54) is 5.56 Å². The van der Waals surface area contributed by atoms with Gasteiger partial charge in [0, 0.05) is 12.2 Å². The number of aromatic nitrogens is 1. The van der Waals surface area contributed by atoms with Crippen LogP contribution in [0.2, 0.25) is 0 Å². The molecule has 1 aliphatic rings. The monoisotopic (exact) mass is 248 g/mol. The summed E-state index contributed by atoms with van der Waals surface area (Å²) in [7, 11) is 0. The summed E-state index contributed by atoms with van der Waals surface area (Å²) in [6.45, 7) is 3.95. The van der Waals surface area contributed by atoms with Gasteiger partial charge in [-0.2, -0.15) is 0 Å². The van der Waals surface area contributed by atoms with Gasteiger partial charge in [-0.1, -0.05) is 5.16 Å². The third kappa shape index (κ3) is 1.71. The summed E-state index contributed by atoms with van der Waals surface area (Å²) in [5.74, 6) is 1.22. The van der Waals surface area contributed by atoms with Crippen LogP contribution < -0.4 is 10.5 Å². The fourth-order valence-corrected chi connectivity index (χ4v) is 2.38. The van der Waals surface area contributed by atoms with Crippen LogP contribution in [0.4, 0.5) is 5.82 Å². The van der Waals surface area contributed by atoms with Crippen molar-refractivity contribution in [2.45, 2.75) is 26.4 Å². The summed E-state index contributed by atoms with van der Waals surface area (Å²) < 4.78 is 16.5. The van der Waals surface area contributed by atoms with E-state index >= 15 is 0 Å². The van der Waals surface area contributed by atoms with Crippen LogP contribution >= 0.6 is 0 Å². The summed E-state index contributed by atoms with van der Waals surface area (Å²) in [4.78, 5) is 0. The summed E-state index contributed by atoms with van der Waals surface area (Å²) in [5.41, 5.74) is 8.79. The van der Waals surface area contributed by atoms with Gasteiger partial charge in [0.2, 0.25) is 0 Å². The number of benzene rings is 1. The van der Waals surface area contributed by atoms with E-state index in [-0.39, 0.29) is 0 Å². The van der Waals surface area contributed by atoms with Gasteiger partial charge in [0.05, 0.1) is 13.2 Å². The van der Waals surface area contributed by atoms with Crippen molar-refractivity contribution in [2.24, 2.45) is 0 Å². The molecule has 0 bridgehead atoms. The highest BCUT2D eigenvalue weighted by Crippen LogP contribution is 2.39. The Morgan fingerprint density at radius 2 is 2.39 bits per heavy atom. The zero-order chi connectivity index (χ0) is 12.5. The van der Waals surface area contributed by atoms with E-state index < -0.39 is 0 Å². The average molecular weight is 248 g/mol. The number of nitrogens with zero attached hydrogens (tertiary/aromatic N) is 1. The minimum Gasteiger partial charge on any atom is -0.492 e. The molecule has 0 spiro atoms. The van der Waals surface area contributed by atoms with Gasteiger partial charge >= 0.3 is 0 Å². The van der Waals surface area contributed by atoms with Gasteiger partial charge in [-0.05, 0) is 31.4 Å². The van der Waals surface area contributed by atoms with E-state index in [1.54, 1.807) is 0 Å². The Morgan fingerprint density at radius 3 is 3.22 bits per heavy atom. The first-order chi connectivity index (χ1) is 8.81. The van der Waals surface area contributed by atoms with Gasteiger partial charge in [-0.25, -0.2) is 0 Å². The Kier molecular flexibility index (Phi) is 2.83. The van der Waals surface area contributed by atoms with E-state index in [0.29, 0.717) is 31.2 Å². The first-order valence-corrected chi connectivity index (χ1v) is 6.21. The Bertz CT molecular complexity index is 577. The smallest absolute Gasteiger partial charge is 0.178 e. The van der Waals surface area contributed by atoms with Crippen LogP contribution in [0, 0.1) is 0 Å². The third-order valence-electron chi connectivity index (χ3n) is 3.22. The molecule has 96 valence electrons. The summed E-state index contributed by atoms with van der Waals surface area (Å²) in [6.07, 6.45) is 2.00. The number of ether oxygens (including phenoxy) is 2. The topological polar surface area (TPSA) is 70.5 Å². The predicted octanol–water partition coefficient (Wildman–Crippen LogP) is 2.27. The number of hydrogen-bond acceptors (Lipinski definition) is 5. The minimum atomic E-state index is 0.395. The van der Waals surface area contributed by atoms with Crippen LogP contribution in [0.15, 0.2) is 10.6 Å². The average Bonchev–Trinajstić information content (AvgIpc) is 2.78. The zero-order valence-corrected chi connectivity index (χ0v) is 10.4. The van der Waals surface area contributed by atoms with Crippen LogP contribution in [0.25, 0.3) is 11.0 Å². The van der Waals surface area contributed by atoms with Crippen molar-refractivity contribution < 1.29 is 14.0 Å². The number of fused-ring (bicyclic) bond motifs is 3. The van der Waals surface area contributed by atoms with Crippen LogP contribution in [0.3, 0.4) is 0 Å². The zero-order valence-electron chi connectivity index (χ0n) is 10.4. The lowest BCUT2D eigenvalue weighted by molar-refractivity contribution is 0.132. The van der Waals surface area contributed by atoms with Gasteiger partial charge in [-0.3, -0.25) is 0 Å². The Balaban J connectivity index is 2.18. The fourth-order valence-electron chi connectivity index (χ4n) is 2.38. The van der Waals surface area contributed by atoms with Crippen molar-refractivity contribution >= 4 is 16.8 Å².